The van der Waals surface area contributed by atoms with Gasteiger partial charge in [-0.2, -0.15) is 0 Å². The summed E-state index contributed by atoms with van der Waals surface area (Å²) in [6.07, 6.45) is 0.950. The second-order valence-electron chi connectivity index (χ2n) is 5.75. The lowest BCUT2D eigenvalue weighted by Gasteiger charge is -2.30. The molecule has 2 aromatic rings. The highest BCUT2D eigenvalue weighted by molar-refractivity contribution is 7.21. The van der Waals surface area contributed by atoms with E-state index in [0.29, 0.717) is 10.8 Å². The van der Waals surface area contributed by atoms with Crippen LogP contribution < -0.4 is 10.6 Å². The third-order valence-electron chi connectivity index (χ3n) is 4.21. The van der Waals surface area contributed by atoms with Gasteiger partial charge in [-0.05, 0) is 61.5 Å². The van der Waals surface area contributed by atoms with Crippen LogP contribution in [-0.2, 0) is 0 Å². The number of benzene rings is 1. The van der Waals surface area contributed by atoms with Crippen molar-refractivity contribution in [3.8, 4) is 0 Å². The summed E-state index contributed by atoms with van der Waals surface area (Å²) in [6.45, 7) is 5.90. The molecule has 2 heterocycles. The fourth-order valence-electron chi connectivity index (χ4n) is 2.87. The molecule has 0 saturated carbocycles. The molecule has 2 atom stereocenters. The van der Waals surface area contributed by atoms with Gasteiger partial charge in [-0.3, -0.25) is 4.79 Å². The van der Waals surface area contributed by atoms with Crippen LogP contribution in [0.5, 0.6) is 0 Å². The number of hydrogen-bond donors (Lipinski definition) is 2. The van der Waals surface area contributed by atoms with E-state index in [-0.39, 0.29) is 30.2 Å². The smallest absolute Gasteiger partial charge is 0.261 e. The fourth-order valence-corrected chi connectivity index (χ4v) is 3.96. The lowest BCUT2D eigenvalue weighted by atomic mass is 9.95. The molecule has 1 amide bonds. The lowest BCUT2D eigenvalue weighted by Crippen LogP contribution is -2.48. The van der Waals surface area contributed by atoms with Gasteiger partial charge in [0.05, 0.1) is 4.88 Å². The number of carbonyl (C=O) groups is 1. The average molecular weight is 343 g/mol. The molecule has 1 aromatic heterocycles. The van der Waals surface area contributed by atoms with Gasteiger partial charge < -0.3 is 10.6 Å². The van der Waals surface area contributed by atoms with E-state index in [1.807, 2.05) is 6.92 Å². The van der Waals surface area contributed by atoms with Gasteiger partial charge in [0.1, 0.15) is 5.82 Å². The first-order valence-corrected chi connectivity index (χ1v) is 8.08. The van der Waals surface area contributed by atoms with Crippen LogP contribution in [0, 0.1) is 18.7 Å². The normalized spacial score (nSPS) is 21.4. The second-order valence-corrected chi connectivity index (χ2v) is 6.80. The van der Waals surface area contributed by atoms with Crippen molar-refractivity contribution >= 4 is 39.7 Å². The van der Waals surface area contributed by atoms with E-state index >= 15 is 0 Å². The Balaban J connectivity index is 0.00000176. The molecule has 120 valence electrons. The predicted octanol–water partition coefficient (Wildman–Crippen LogP) is 3.50. The Labute approximate surface area is 139 Å². The maximum atomic E-state index is 13.3. The third kappa shape index (κ3) is 3.26. The summed E-state index contributed by atoms with van der Waals surface area (Å²) in [4.78, 5) is 13.2. The molecular formula is C16H20ClFN2OS. The summed E-state index contributed by atoms with van der Waals surface area (Å²) >= 11 is 1.44. The van der Waals surface area contributed by atoms with E-state index in [9.17, 15) is 9.18 Å². The van der Waals surface area contributed by atoms with E-state index in [1.54, 1.807) is 6.07 Å². The molecule has 1 aromatic carbocycles. The zero-order chi connectivity index (χ0) is 15.0. The third-order valence-corrected chi connectivity index (χ3v) is 5.48. The summed E-state index contributed by atoms with van der Waals surface area (Å²) in [6, 6.07) is 4.90. The number of hydrogen-bond acceptors (Lipinski definition) is 3. The van der Waals surface area contributed by atoms with Gasteiger partial charge in [0, 0.05) is 10.7 Å². The topological polar surface area (TPSA) is 41.1 Å². The van der Waals surface area contributed by atoms with Crippen molar-refractivity contribution in [2.75, 3.05) is 13.1 Å². The Bertz CT molecular complexity index is 688. The van der Waals surface area contributed by atoms with Crippen LogP contribution in [0.2, 0.25) is 0 Å². The van der Waals surface area contributed by atoms with Gasteiger partial charge in [-0.15, -0.1) is 23.7 Å². The van der Waals surface area contributed by atoms with Crippen LogP contribution in [0.1, 0.15) is 28.6 Å². The highest BCUT2D eigenvalue weighted by Gasteiger charge is 2.24. The molecule has 1 fully saturated rings. The lowest BCUT2D eigenvalue weighted by molar-refractivity contribution is 0.0918. The molecule has 22 heavy (non-hydrogen) atoms. The number of amides is 1. The molecule has 0 spiro atoms. The Hall–Kier alpha value is -1.17. The number of fused-ring (bicyclic) bond motifs is 1. The molecule has 3 rings (SSSR count). The molecule has 2 unspecified atom stereocenters. The monoisotopic (exact) mass is 342 g/mol. The molecule has 1 aliphatic rings. The fraction of sp³-hybridized carbons (Fsp3) is 0.438. The number of piperidine rings is 1. The second kappa shape index (κ2) is 6.94. The number of rotatable bonds is 2. The summed E-state index contributed by atoms with van der Waals surface area (Å²) in [5.41, 5.74) is 0.869. The SMILES string of the molecule is Cc1c(C(=O)NC2CCNCC2C)sc2ccc(F)cc12.Cl. The summed E-state index contributed by atoms with van der Waals surface area (Å²) in [7, 11) is 0. The molecule has 6 heteroatoms. The zero-order valence-corrected chi connectivity index (χ0v) is 14.2. The van der Waals surface area contributed by atoms with Crippen LogP contribution in [0.4, 0.5) is 4.39 Å². The standard InChI is InChI=1S/C16H19FN2OS.ClH/c1-9-8-18-6-5-13(9)19-16(20)15-10(2)12-7-11(17)3-4-14(12)21-15;/h3-4,7,9,13,18H,5-6,8H2,1-2H3,(H,19,20);1H. The van der Waals surface area contributed by atoms with E-state index in [2.05, 4.69) is 17.6 Å². The number of aryl methyl sites for hydroxylation is 1. The first-order chi connectivity index (χ1) is 10.1. The molecule has 2 N–H and O–H groups in total. The summed E-state index contributed by atoms with van der Waals surface area (Å²) in [5.74, 6) is 0.130. The molecule has 0 radical (unpaired) electrons. The van der Waals surface area contributed by atoms with Crippen molar-refractivity contribution in [3.05, 3.63) is 34.5 Å². The Morgan fingerprint density at radius 2 is 2.23 bits per heavy atom. The molecular weight excluding hydrogens is 323 g/mol. The van der Waals surface area contributed by atoms with Crippen molar-refractivity contribution in [2.24, 2.45) is 5.92 Å². The van der Waals surface area contributed by atoms with Crippen molar-refractivity contribution in [2.45, 2.75) is 26.3 Å². The minimum absolute atomic E-state index is 0. The Kier molecular flexibility index (Phi) is 5.42. The maximum Gasteiger partial charge on any atom is 0.261 e. The highest BCUT2D eigenvalue weighted by Crippen LogP contribution is 2.31. The Morgan fingerprint density at radius 1 is 1.45 bits per heavy atom. The van der Waals surface area contributed by atoms with Crippen LogP contribution in [0.25, 0.3) is 10.1 Å². The average Bonchev–Trinajstić information content (AvgIpc) is 2.79. The summed E-state index contributed by atoms with van der Waals surface area (Å²) in [5, 5.41) is 7.30. The highest BCUT2D eigenvalue weighted by atomic mass is 35.5. The van der Waals surface area contributed by atoms with E-state index in [0.717, 1.165) is 35.2 Å². The van der Waals surface area contributed by atoms with Crippen molar-refractivity contribution in [3.63, 3.8) is 0 Å². The Morgan fingerprint density at radius 3 is 2.95 bits per heavy atom. The molecule has 1 aliphatic heterocycles. The largest absolute Gasteiger partial charge is 0.348 e. The first kappa shape index (κ1) is 17.2. The van der Waals surface area contributed by atoms with Crippen LogP contribution in [-0.4, -0.2) is 25.0 Å². The quantitative estimate of drug-likeness (QED) is 0.877. The van der Waals surface area contributed by atoms with E-state index < -0.39 is 0 Å². The van der Waals surface area contributed by atoms with Crippen LogP contribution >= 0.6 is 23.7 Å². The number of nitrogens with one attached hydrogen (secondary N) is 2. The number of halogens is 2. The number of thiophene rings is 1. The van der Waals surface area contributed by atoms with Gasteiger partial charge in [0.15, 0.2) is 0 Å². The van der Waals surface area contributed by atoms with E-state index in [4.69, 9.17) is 0 Å². The van der Waals surface area contributed by atoms with Gasteiger partial charge >= 0.3 is 0 Å². The van der Waals surface area contributed by atoms with Crippen LogP contribution in [0.3, 0.4) is 0 Å². The number of carbonyl (C=O) groups excluding carboxylic acids is 1. The minimum Gasteiger partial charge on any atom is -0.348 e. The van der Waals surface area contributed by atoms with Gasteiger partial charge in [0.25, 0.3) is 5.91 Å². The van der Waals surface area contributed by atoms with Crippen molar-refractivity contribution < 1.29 is 9.18 Å². The summed E-state index contributed by atoms with van der Waals surface area (Å²) < 4.78 is 14.3. The van der Waals surface area contributed by atoms with Gasteiger partial charge in [-0.1, -0.05) is 6.92 Å². The predicted molar refractivity (Wildman–Crippen MR) is 91.7 cm³/mol. The molecule has 0 bridgehead atoms. The van der Waals surface area contributed by atoms with Crippen molar-refractivity contribution in [1.82, 2.24) is 10.6 Å². The van der Waals surface area contributed by atoms with Gasteiger partial charge in [-0.25, -0.2) is 4.39 Å². The zero-order valence-electron chi connectivity index (χ0n) is 12.6. The molecule has 0 aliphatic carbocycles. The molecule has 3 nitrogen and oxygen atoms in total. The van der Waals surface area contributed by atoms with Gasteiger partial charge in [0.2, 0.25) is 0 Å². The minimum atomic E-state index is -0.262. The molecule has 1 saturated heterocycles. The van der Waals surface area contributed by atoms with Crippen molar-refractivity contribution in [1.29, 1.82) is 0 Å². The first-order valence-electron chi connectivity index (χ1n) is 7.26. The van der Waals surface area contributed by atoms with Crippen LogP contribution in [0.15, 0.2) is 18.2 Å². The van der Waals surface area contributed by atoms with E-state index in [1.165, 1.54) is 23.5 Å². The maximum absolute atomic E-state index is 13.3.